The van der Waals surface area contributed by atoms with E-state index in [1.807, 2.05) is 0 Å². The molecule has 43 heavy (non-hydrogen) atoms. The molecule has 0 aliphatic carbocycles. The van der Waals surface area contributed by atoms with E-state index in [0.717, 1.165) is 18.4 Å². The summed E-state index contributed by atoms with van der Waals surface area (Å²) < 4.78 is 76.8. The van der Waals surface area contributed by atoms with Gasteiger partial charge in [-0.2, -0.15) is 0 Å². The van der Waals surface area contributed by atoms with Crippen LogP contribution in [0.25, 0.3) is 33.7 Å². The predicted molar refractivity (Wildman–Crippen MR) is 153 cm³/mol. The Labute approximate surface area is 244 Å². The number of primary amides is 1. The summed E-state index contributed by atoms with van der Waals surface area (Å²) >= 11 is 0. The summed E-state index contributed by atoms with van der Waals surface area (Å²) in [7, 11) is -3.48. The third kappa shape index (κ3) is 8.23. The average molecular weight is 615 g/mol. The highest BCUT2D eigenvalue weighted by Crippen LogP contribution is 2.40. The second-order valence-electron chi connectivity index (χ2n) is 9.15. The average Bonchev–Trinajstić information content (AvgIpc) is 3.32. The number of ether oxygens (including phenoxy) is 2. The van der Waals surface area contributed by atoms with Gasteiger partial charge in [0.15, 0.2) is 21.5 Å². The van der Waals surface area contributed by atoms with Crippen LogP contribution < -0.4 is 15.8 Å². The van der Waals surface area contributed by atoms with Crippen molar-refractivity contribution in [1.82, 2.24) is 4.98 Å². The Morgan fingerprint density at radius 1 is 1.07 bits per heavy atom. The number of aryl methyl sites for hydroxylation is 1. The molecule has 224 valence electrons. The Morgan fingerprint density at radius 2 is 1.74 bits per heavy atom. The van der Waals surface area contributed by atoms with Gasteiger partial charge in [-0.3, -0.25) is 0 Å². The van der Waals surface area contributed by atoms with Crippen molar-refractivity contribution in [3.63, 3.8) is 0 Å². The number of anilines is 1. The highest BCUT2D eigenvalue weighted by Gasteiger charge is 2.31. The first kappa shape index (κ1) is 30.8. The zero-order valence-corrected chi connectivity index (χ0v) is 23.5. The highest BCUT2D eigenvalue weighted by molar-refractivity contribution is 7.90. The van der Waals surface area contributed by atoms with Crippen LogP contribution >= 0.6 is 0 Å². The number of sulfone groups is 1. The summed E-state index contributed by atoms with van der Waals surface area (Å²) in [5.74, 6) is 0.143. The molecule has 0 aliphatic rings. The first-order chi connectivity index (χ1) is 20.2. The van der Waals surface area contributed by atoms with E-state index in [2.05, 4.69) is 19.8 Å². The van der Waals surface area contributed by atoms with E-state index in [1.165, 1.54) is 36.5 Å². The van der Waals surface area contributed by atoms with Crippen molar-refractivity contribution in [2.45, 2.75) is 18.2 Å². The molecular weight excluding hydrogens is 589 g/mol. The lowest BCUT2D eigenvalue weighted by atomic mass is 9.98. The molecule has 4 N–H and O–H groups in total. The summed E-state index contributed by atoms with van der Waals surface area (Å²) in [4.78, 5) is 15.4. The van der Waals surface area contributed by atoms with Crippen molar-refractivity contribution in [3.8, 4) is 39.5 Å². The number of oxazole rings is 1. The number of nitrogens with one attached hydrogen (secondary N) is 2. The number of hydrogen-bond donors (Lipinski definition) is 3. The molecular formula is C29H25F3N4O6S. The van der Waals surface area contributed by atoms with E-state index >= 15 is 0 Å². The minimum Gasteiger partial charge on any atom is -0.443 e. The van der Waals surface area contributed by atoms with E-state index < -0.39 is 28.0 Å². The lowest BCUT2D eigenvalue weighted by molar-refractivity contribution is -0.274. The molecule has 0 radical (unpaired) electrons. The van der Waals surface area contributed by atoms with Crippen LogP contribution in [0.5, 0.6) is 5.75 Å². The summed E-state index contributed by atoms with van der Waals surface area (Å²) in [5.41, 5.74) is 7.83. The number of hydrogen-bond acceptors (Lipinski definition) is 9. The van der Waals surface area contributed by atoms with Crippen LogP contribution in [0.1, 0.15) is 5.89 Å². The third-order valence-corrected chi connectivity index (χ3v) is 6.96. The van der Waals surface area contributed by atoms with Crippen LogP contribution in [0.3, 0.4) is 0 Å². The molecule has 1 aromatic heterocycles. The minimum atomic E-state index is -4.84. The Balaban J connectivity index is 1.79. The quantitative estimate of drug-likeness (QED) is 0.175. The van der Waals surface area contributed by atoms with Crippen LogP contribution in [0.15, 0.2) is 88.3 Å². The number of alkyl halides is 3. The van der Waals surface area contributed by atoms with Crippen molar-refractivity contribution in [1.29, 1.82) is 5.41 Å². The van der Waals surface area contributed by atoms with Crippen LogP contribution in [0.4, 0.5) is 23.7 Å². The van der Waals surface area contributed by atoms with Gasteiger partial charge in [0.25, 0.3) is 0 Å². The van der Waals surface area contributed by atoms with Crippen molar-refractivity contribution >= 4 is 27.3 Å². The van der Waals surface area contributed by atoms with Gasteiger partial charge in [0.2, 0.25) is 0 Å². The van der Waals surface area contributed by atoms with Gasteiger partial charge in [-0.15, -0.1) is 13.2 Å². The number of carbonyl (C=O) groups excluding carboxylic acids is 1. The largest absolute Gasteiger partial charge is 0.573 e. The van der Waals surface area contributed by atoms with E-state index in [9.17, 15) is 26.4 Å². The molecule has 0 spiro atoms. The summed E-state index contributed by atoms with van der Waals surface area (Å²) in [6, 6.07) is 16.7. The zero-order valence-electron chi connectivity index (χ0n) is 22.7. The summed E-state index contributed by atoms with van der Waals surface area (Å²) in [5, 5.41) is 10.9. The van der Waals surface area contributed by atoms with Crippen LogP contribution in [-0.4, -0.2) is 44.4 Å². The van der Waals surface area contributed by atoms with Gasteiger partial charge in [-0.05, 0) is 65.7 Å². The fourth-order valence-electron chi connectivity index (χ4n) is 3.99. The van der Waals surface area contributed by atoms with Gasteiger partial charge in [0.1, 0.15) is 18.1 Å². The van der Waals surface area contributed by atoms with Crippen LogP contribution in [0.2, 0.25) is 0 Å². The van der Waals surface area contributed by atoms with Crippen LogP contribution in [0, 0.1) is 12.3 Å². The Kier molecular flexibility index (Phi) is 8.90. The van der Waals surface area contributed by atoms with Crippen molar-refractivity contribution in [2.24, 2.45) is 5.73 Å². The first-order valence-corrected chi connectivity index (χ1v) is 14.3. The van der Waals surface area contributed by atoms with Gasteiger partial charge in [0.05, 0.1) is 10.6 Å². The third-order valence-electron chi connectivity index (χ3n) is 5.85. The smallest absolute Gasteiger partial charge is 0.443 e. The monoisotopic (exact) mass is 614 g/mol. The highest BCUT2D eigenvalue weighted by atomic mass is 32.2. The second kappa shape index (κ2) is 12.4. The molecule has 0 fully saturated rings. The lowest BCUT2D eigenvalue weighted by Crippen LogP contribution is -2.17. The second-order valence-corrected chi connectivity index (χ2v) is 11.2. The molecule has 0 saturated carbocycles. The number of aromatic nitrogens is 1. The Bertz CT molecular complexity index is 1800. The first-order valence-electron chi connectivity index (χ1n) is 12.4. The molecule has 0 aliphatic heterocycles. The number of rotatable bonds is 10. The van der Waals surface area contributed by atoms with Gasteiger partial charge in [-0.1, -0.05) is 18.2 Å². The Morgan fingerprint density at radius 3 is 2.40 bits per heavy atom. The standard InChI is InChI=1S/C29H25F3N4O6S/c1-17-36-26(18-6-9-22(10-7-18)42-29(30,31)32)27(41-17)24-15-20(19-4-3-5-23(14-19)43(2,38)39)8-11-25(24)35-13-12-21(33)16-40-28(34)37/h3-15,33,35H,16H2,1-2H3,(H2,34,37)/b13-12-,33-21?. The lowest BCUT2D eigenvalue weighted by Gasteiger charge is -2.13. The summed E-state index contributed by atoms with van der Waals surface area (Å²) in [6.45, 7) is 1.27. The molecule has 1 heterocycles. The molecule has 14 heteroatoms. The maximum atomic E-state index is 12.7. The fourth-order valence-corrected chi connectivity index (χ4v) is 4.66. The van der Waals surface area contributed by atoms with E-state index in [1.54, 1.807) is 37.3 Å². The number of nitrogens with two attached hydrogens (primary N) is 1. The van der Waals surface area contributed by atoms with E-state index in [4.69, 9.17) is 15.6 Å². The number of amides is 1. The Hall–Kier alpha value is -5.11. The molecule has 4 aromatic rings. The van der Waals surface area contributed by atoms with Crippen molar-refractivity contribution in [2.75, 3.05) is 18.2 Å². The number of nitrogens with zero attached hydrogens (tertiary/aromatic N) is 1. The molecule has 0 bridgehead atoms. The number of benzene rings is 3. The van der Waals surface area contributed by atoms with Gasteiger partial charge >= 0.3 is 12.5 Å². The van der Waals surface area contributed by atoms with Gasteiger partial charge < -0.3 is 30.4 Å². The minimum absolute atomic E-state index is 0.0561. The van der Waals surface area contributed by atoms with E-state index in [0.29, 0.717) is 33.6 Å². The van der Waals surface area contributed by atoms with Gasteiger partial charge in [-0.25, -0.2) is 18.2 Å². The number of carbonyl (C=O) groups is 1. The molecule has 4 rings (SSSR count). The molecule has 0 unspecified atom stereocenters. The SMILES string of the molecule is Cc1nc(-c2ccc(OC(F)(F)F)cc2)c(-c2cc(-c3cccc(S(C)(=O)=O)c3)ccc2N/C=C\C(=N)COC(N)=O)o1. The molecule has 1 amide bonds. The topological polar surface area (TPSA) is 158 Å². The van der Waals surface area contributed by atoms with Crippen LogP contribution in [-0.2, 0) is 14.6 Å². The maximum Gasteiger partial charge on any atom is 0.573 e. The zero-order chi connectivity index (χ0) is 31.4. The molecule has 0 atom stereocenters. The number of halogens is 3. The van der Waals surface area contributed by atoms with Crippen molar-refractivity contribution < 1.29 is 40.3 Å². The van der Waals surface area contributed by atoms with Gasteiger partial charge in [0, 0.05) is 36.2 Å². The normalized spacial score (nSPS) is 11.8. The predicted octanol–water partition coefficient (Wildman–Crippen LogP) is 6.33. The van der Waals surface area contributed by atoms with E-state index in [-0.39, 0.29) is 28.9 Å². The fraction of sp³-hybridized carbons (Fsp3) is 0.138. The molecule has 0 saturated heterocycles. The maximum absolute atomic E-state index is 12.7. The van der Waals surface area contributed by atoms with Crippen molar-refractivity contribution in [3.05, 3.63) is 84.9 Å². The summed E-state index contributed by atoms with van der Waals surface area (Å²) in [6.07, 6.45) is -1.97. The molecule has 3 aromatic carbocycles. The molecule has 10 nitrogen and oxygen atoms in total.